The molecule has 4 nitrogen and oxygen atoms in total. The molecule has 0 unspecified atom stereocenters. The van der Waals surface area contributed by atoms with Gasteiger partial charge >= 0.3 is 0 Å². The van der Waals surface area contributed by atoms with Crippen LogP contribution in [0.3, 0.4) is 0 Å². The van der Waals surface area contributed by atoms with E-state index in [1.807, 2.05) is 41.3 Å². The van der Waals surface area contributed by atoms with Crippen molar-refractivity contribution in [3.8, 4) is 0 Å². The van der Waals surface area contributed by atoms with Gasteiger partial charge in [-0.25, -0.2) is 0 Å². The van der Waals surface area contributed by atoms with E-state index in [2.05, 4.69) is 6.92 Å². The first-order valence-corrected chi connectivity index (χ1v) is 8.28. The third-order valence-electron chi connectivity index (χ3n) is 4.27. The zero-order valence-electron chi connectivity index (χ0n) is 13.5. The third-order valence-corrected chi connectivity index (χ3v) is 4.27. The molecule has 0 bridgehead atoms. The average molecular weight is 313 g/mol. The minimum absolute atomic E-state index is 0.0274. The topological polar surface area (TPSA) is 42.7 Å². The second-order valence-electron chi connectivity index (χ2n) is 5.95. The first-order valence-electron chi connectivity index (χ1n) is 8.28. The lowest BCUT2D eigenvalue weighted by molar-refractivity contribution is 0.0491. The second kappa shape index (κ2) is 7.47. The maximum Gasteiger partial charge on any atom is 0.254 e. The Hall–Kier alpha value is -2.07. The highest BCUT2D eigenvalue weighted by Gasteiger charge is 2.24. The molecule has 23 heavy (non-hydrogen) atoms. The molecule has 1 saturated heterocycles. The number of hydrogen-bond donors (Lipinski definition) is 0. The van der Waals surface area contributed by atoms with Gasteiger partial charge in [-0.3, -0.25) is 4.79 Å². The molecule has 1 aromatic carbocycles. The molecule has 0 aliphatic carbocycles. The summed E-state index contributed by atoms with van der Waals surface area (Å²) in [5.74, 6) is 0.820. The molecule has 0 radical (unpaired) electrons. The predicted molar refractivity (Wildman–Crippen MR) is 88.2 cm³/mol. The first kappa shape index (κ1) is 15.8. The Morgan fingerprint density at radius 2 is 2.09 bits per heavy atom. The molecular weight excluding hydrogens is 290 g/mol. The van der Waals surface area contributed by atoms with Gasteiger partial charge < -0.3 is 14.1 Å². The number of aryl methyl sites for hydroxylation is 1. The highest BCUT2D eigenvalue weighted by Crippen LogP contribution is 2.18. The van der Waals surface area contributed by atoms with Crippen molar-refractivity contribution >= 4 is 5.91 Å². The van der Waals surface area contributed by atoms with Crippen LogP contribution in [0.25, 0.3) is 0 Å². The lowest BCUT2D eigenvalue weighted by atomic mass is 10.1. The van der Waals surface area contributed by atoms with E-state index in [1.54, 1.807) is 6.26 Å². The van der Waals surface area contributed by atoms with Crippen molar-refractivity contribution in [2.24, 2.45) is 0 Å². The molecule has 1 aliphatic heterocycles. The van der Waals surface area contributed by atoms with Crippen LogP contribution in [-0.2, 0) is 17.7 Å². The Morgan fingerprint density at radius 3 is 2.70 bits per heavy atom. The summed E-state index contributed by atoms with van der Waals surface area (Å²) in [6, 6.07) is 11.6. The summed E-state index contributed by atoms with van der Waals surface area (Å²) in [7, 11) is 0. The van der Waals surface area contributed by atoms with Crippen molar-refractivity contribution < 1.29 is 13.9 Å². The summed E-state index contributed by atoms with van der Waals surface area (Å²) in [5.41, 5.74) is 1.95. The van der Waals surface area contributed by atoms with Crippen LogP contribution in [0.4, 0.5) is 0 Å². The normalized spacial score (nSPS) is 17.3. The molecule has 0 saturated carbocycles. The molecule has 122 valence electrons. The number of carbonyl (C=O) groups excluding carboxylic acids is 1. The van der Waals surface area contributed by atoms with Crippen molar-refractivity contribution in [3.63, 3.8) is 0 Å². The zero-order chi connectivity index (χ0) is 16.1. The van der Waals surface area contributed by atoms with Gasteiger partial charge in [-0.2, -0.15) is 0 Å². The van der Waals surface area contributed by atoms with Crippen LogP contribution in [-0.4, -0.2) is 30.1 Å². The van der Waals surface area contributed by atoms with Crippen LogP contribution in [0.15, 0.2) is 47.1 Å². The van der Waals surface area contributed by atoms with E-state index in [1.165, 1.54) is 5.56 Å². The van der Waals surface area contributed by atoms with E-state index in [-0.39, 0.29) is 12.0 Å². The molecule has 0 spiro atoms. The highest BCUT2D eigenvalue weighted by atomic mass is 16.5. The summed E-state index contributed by atoms with van der Waals surface area (Å²) in [6.45, 7) is 3.98. The molecule has 1 aliphatic rings. The van der Waals surface area contributed by atoms with Crippen molar-refractivity contribution in [1.29, 1.82) is 0 Å². The SMILES string of the molecule is CCc1ccc(C(=O)N(Cc2ccco2)C[C@@H]2CCCO2)cc1. The Labute approximate surface area is 137 Å². The number of hydrogen-bond acceptors (Lipinski definition) is 3. The molecule has 4 heteroatoms. The van der Waals surface area contributed by atoms with E-state index in [0.29, 0.717) is 18.7 Å². The number of furan rings is 1. The minimum atomic E-state index is 0.0274. The standard InChI is InChI=1S/C19H23NO3/c1-2-15-7-9-16(10-8-15)19(21)20(13-17-5-3-11-22-17)14-18-6-4-12-23-18/h3,5,7-11,18H,2,4,6,12-14H2,1H3/t18-/m0/s1. The summed E-state index contributed by atoms with van der Waals surface area (Å²) in [6.07, 6.45) is 4.82. The van der Waals surface area contributed by atoms with Crippen molar-refractivity contribution in [3.05, 3.63) is 59.5 Å². The number of nitrogens with zero attached hydrogens (tertiary/aromatic N) is 1. The number of carbonyl (C=O) groups is 1. The summed E-state index contributed by atoms with van der Waals surface area (Å²) < 4.78 is 11.1. The summed E-state index contributed by atoms with van der Waals surface area (Å²) >= 11 is 0. The molecule has 1 aromatic heterocycles. The average Bonchev–Trinajstić information content (AvgIpc) is 3.27. The molecule has 1 atom stereocenters. The minimum Gasteiger partial charge on any atom is -0.467 e. The van der Waals surface area contributed by atoms with Gasteiger partial charge in [0.15, 0.2) is 0 Å². The molecule has 1 amide bonds. The second-order valence-corrected chi connectivity index (χ2v) is 5.95. The fourth-order valence-corrected chi connectivity index (χ4v) is 2.91. The van der Waals surface area contributed by atoms with Crippen LogP contribution < -0.4 is 0 Å². The quantitative estimate of drug-likeness (QED) is 0.817. The number of amides is 1. The van der Waals surface area contributed by atoms with Crippen molar-refractivity contribution in [1.82, 2.24) is 4.90 Å². The van der Waals surface area contributed by atoms with Gasteiger partial charge in [-0.1, -0.05) is 19.1 Å². The summed E-state index contributed by atoms with van der Waals surface area (Å²) in [5, 5.41) is 0. The molecular formula is C19H23NO3. The monoisotopic (exact) mass is 313 g/mol. The van der Waals surface area contributed by atoms with Crippen LogP contribution in [0, 0.1) is 0 Å². The molecule has 2 aromatic rings. The van der Waals surface area contributed by atoms with Gasteiger partial charge in [0.05, 0.1) is 18.9 Å². The Kier molecular flexibility index (Phi) is 5.13. The Bertz CT molecular complexity index is 613. The highest BCUT2D eigenvalue weighted by molar-refractivity contribution is 5.94. The maximum atomic E-state index is 12.9. The maximum absolute atomic E-state index is 12.9. The molecule has 0 N–H and O–H groups in total. The van der Waals surface area contributed by atoms with Gasteiger partial charge in [0.2, 0.25) is 0 Å². The Morgan fingerprint density at radius 1 is 1.26 bits per heavy atom. The zero-order valence-corrected chi connectivity index (χ0v) is 13.5. The van der Waals surface area contributed by atoms with E-state index >= 15 is 0 Å². The van der Waals surface area contributed by atoms with Crippen LogP contribution in [0.5, 0.6) is 0 Å². The van der Waals surface area contributed by atoms with Gasteiger partial charge in [-0.05, 0) is 49.1 Å². The third kappa shape index (κ3) is 4.02. The molecule has 3 rings (SSSR count). The fourth-order valence-electron chi connectivity index (χ4n) is 2.91. The van der Waals surface area contributed by atoms with Crippen LogP contribution in [0.1, 0.15) is 41.4 Å². The van der Waals surface area contributed by atoms with Crippen LogP contribution >= 0.6 is 0 Å². The molecule has 1 fully saturated rings. The van der Waals surface area contributed by atoms with E-state index in [0.717, 1.165) is 31.6 Å². The lowest BCUT2D eigenvalue weighted by Gasteiger charge is -2.25. The predicted octanol–water partition coefficient (Wildman–Crippen LogP) is 3.66. The van der Waals surface area contributed by atoms with Crippen molar-refractivity contribution in [2.45, 2.75) is 38.8 Å². The van der Waals surface area contributed by atoms with Crippen LogP contribution in [0.2, 0.25) is 0 Å². The van der Waals surface area contributed by atoms with Gasteiger partial charge in [0, 0.05) is 18.7 Å². The van der Waals surface area contributed by atoms with E-state index < -0.39 is 0 Å². The van der Waals surface area contributed by atoms with Gasteiger partial charge in [0.25, 0.3) is 5.91 Å². The number of rotatable bonds is 6. The first-order chi connectivity index (χ1) is 11.3. The van der Waals surface area contributed by atoms with Gasteiger partial charge in [-0.15, -0.1) is 0 Å². The Balaban J connectivity index is 1.75. The molecule has 2 heterocycles. The van der Waals surface area contributed by atoms with Crippen molar-refractivity contribution in [2.75, 3.05) is 13.2 Å². The lowest BCUT2D eigenvalue weighted by Crippen LogP contribution is -2.36. The largest absolute Gasteiger partial charge is 0.467 e. The smallest absolute Gasteiger partial charge is 0.254 e. The van der Waals surface area contributed by atoms with E-state index in [4.69, 9.17) is 9.15 Å². The van der Waals surface area contributed by atoms with E-state index in [9.17, 15) is 4.79 Å². The fraction of sp³-hybridized carbons (Fsp3) is 0.421. The number of benzene rings is 1. The number of ether oxygens (including phenoxy) is 1. The summed E-state index contributed by atoms with van der Waals surface area (Å²) in [4.78, 5) is 14.7. The van der Waals surface area contributed by atoms with Gasteiger partial charge in [0.1, 0.15) is 5.76 Å².